The van der Waals surface area contributed by atoms with Gasteiger partial charge in [-0.3, -0.25) is 4.40 Å². The third kappa shape index (κ3) is 3.05. The van der Waals surface area contributed by atoms with E-state index in [1.165, 1.54) is 11.6 Å². The number of aromatic nitrogens is 4. The molecule has 0 saturated heterocycles. The van der Waals surface area contributed by atoms with Crippen molar-refractivity contribution in [1.82, 2.24) is 19.6 Å². The average Bonchev–Trinajstić information content (AvgIpc) is 3.31. The van der Waals surface area contributed by atoms with E-state index in [0.29, 0.717) is 26.1 Å². The highest BCUT2D eigenvalue weighted by Gasteiger charge is 2.20. The maximum atomic E-state index is 14.4. The van der Waals surface area contributed by atoms with Crippen LogP contribution >= 0.6 is 0 Å². The van der Waals surface area contributed by atoms with Crippen molar-refractivity contribution >= 4 is 11.2 Å². The maximum absolute atomic E-state index is 14.4. The Balaban J connectivity index is 1.45. The van der Waals surface area contributed by atoms with Crippen molar-refractivity contribution < 1.29 is 13.9 Å². The molecule has 7 heteroatoms. The lowest BCUT2D eigenvalue weighted by atomic mass is 9.99. The van der Waals surface area contributed by atoms with E-state index < -0.39 is 0 Å². The van der Waals surface area contributed by atoms with Gasteiger partial charge < -0.3 is 9.47 Å². The molecule has 0 fully saturated rings. The summed E-state index contributed by atoms with van der Waals surface area (Å²) in [6.07, 6.45) is 9.39. The molecule has 0 spiro atoms. The molecule has 0 bridgehead atoms. The monoisotopic (exact) mass is 380 g/mol. The summed E-state index contributed by atoms with van der Waals surface area (Å²) in [5.41, 5.74) is 4.69. The lowest BCUT2D eigenvalue weighted by molar-refractivity contribution is 0.148. The fourth-order valence-electron chi connectivity index (χ4n) is 4.05. The Labute approximate surface area is 162 Å². The summed E-state index contributed by atoms with van der Waals surface area (Å²) >= 11 is 0. The van der Waals surface area contributed by atoms with Crippen molar-refractivity contribution in [3.8, 4) is 5.75 Å². The van der Waals surface area contributed by atoms with Crippen molar-refractivity contribution in [2.24, 2.45) is 0 Å². The summed E-state index contributed by atoms with van der Waals surface area (Å²) in [5.74, 6) is 1.45. The van der Waals surface area contributed by atoms with E-state index >= 15 is 0 Å². The minimum Gasteiger partial charge on any atom is -0.493 e. The first-order chi connectivity index (χ1) is 13.8. The van der Waals surface area contributed by atoms with Crippen LogP contribution in [0.1, 0.15) is 35.4 Å². The summed E-state index contributed by atoms with van der Waals surface area (Å²) in [6, 6.07) is 3.21. The molecule has 2 aromatic heterocycles. The van der Waals surface area contributed by atoms with Gasteiger partial charge in [-0.15, -0.1) is 10.2 Å². The van der Waals surface area contributed by atoms with Gasteiger partial charge in [-0.2, -0.15) is 0 Å². The molecule has 6 nitrogen and oxygen atoms in total. The molecule has 0 amide bonds. The number of halogens is 1. The molecule has 0 atom stereocenters. The van der Waals surface area contributed by atoms with Gasteiger partial charge in [0.15, 0.2) is 5.65 Å². The van der Waals surface area contributed by atoms with Gasteiger partial charge in [0.05, 0.1) is 19.8 Å². The number of rotatable bonds is 4. The molecule has 3 aromatic rings. The SMILES string of the molecule is Fc1ccc2c(c1CCc1ncc(C3=CCCOCC3)c3nncn13)CCO2. The number of hydrogen-bond donors (Lipinski definition) is 0. The Morgan fingerprint density at radius 2 is 2.07 bits per heavy atom. The van der Waals surface area contributed by atoms with Crippen LogP contribution in [-0.4, -0.2) is 39.4 Å². The van der Waals surface area contributed by atoms with E-state index in [-0.39, 0.29) is 5.82 Å². The Morgan fingerprint density at radius 3 is 3.04 bits per heavy atom. The van der Waals surface area contributed by atoms with E-state index in [0.717, 1.165) is 59.8 Å². The first-order valence-electron chi connectivity index (χ1n) is 9.69. The Bertz CT molecular complexity index is 1060. The third-order valence-corrected chi connectivity index (χ3v) is 5.46. The molecule has 0 radical (unpaired) electrons. The number of nitrogens with zero attached hydrogens (tertiary/aromatic N) is 4. The minimum atomic E-state index is -0.176. The predicted molar refractivity (Wildman–Crippen MR) is 102 cm³/mol. The number of aryl methyl sites for hydroxylation is 1. The van der Waals surface area contributed by atoms with Crippen molar-refractivity contribution in [1.29, 1.82) is 0 Å². The van der Waals surface area contributed by atoms with E-state index in [4.69, 9.17) is 9.47 Å². The summed E-state index contributed by atoms with van der Waals surface area (Å²) in [7, 11) is 0. The van der Waals surface area contributed by atoms with Crippen molar-refractivity contribution in [2.45, 2.75) is 32.1 Å². The average molecular weight is 380 g/mol. The maximum Gasteiger partial charge on any atom is 0.171 e. The zero-order valence-corrected chi connectivity index (χ0v) is 15.5. The van der Waals surface area contributed by atoms with Crippen LogP contribution in [0.5, 0.6) is 5.75 Å². The van der Waals surface area contributed by atoms with Crippen LogP contribution in [0.15, 0.2) is 30.7 Å². The van der Waals surface area contributed by atoms with Crippen molar-refractivity contribution in [2.75, 3.05) is 19.8 Å². The molecule has 2 aliphatic rings. The first kappa shape index (κ1) is 17.3. The van der Waals surface area contributed by atoms with Gasteiger partial charge >= 0.3 is 0 Å². The normalized spacial score (nSPS) is 16.5. The topological polar surface area (TPSA) is 61.5 Å². The zero-order valence-electron chi connectivity index (χ0n) is 15.5. The number of benzene rings is 1. The van der Waals surface area contributed by atoms with E-state index in [9.17, 15) is 4.39 Å². The summed E-state index contributed by atoms with van der Waals surface area (Å²) in [5, 5.41) is 8.40. The van der Waals surface area contributed by atoms with Crippen LogP contribution in [0, 0.1) is 5.82 Å². The molecule has 28 heavy (non-hydrogen) atoms. The number of hydrogen-bond acceptors (Lipinski definition) is 5. The van der Waals surface area contributed by atoms with Gasteiger partial charge in [0.2, 0.25) is 0 Å². The van der Waals surface area contributed by atoms with Crippen molar-refractivity contribution in [3.05, 3.63) is 59.1 Å². The van der Waals surface area contributed by atoms with Gasteiger partial charge in [-0.25, -0.2) is 9.37 Å². The fraction of sp³-hybridized carbons (Fsp3) is 0.381. The molecule has 2 aliphatic heterocycles. The van der Waals surface area contributed by atoms with Crippen molar-refractivity contribution in [3.63, 3.8) is 0 Å². The molecule has 0 unspecified atom stereocenters. The van der Waals surface area contributed by atoms with E-state index in [1.54, 1.807) is 12.4 Å². The molecule has 0 aliphatic carbocycles. The second kappa shape index (κ2) is 7.31. The lowest BCUT2D eigenvalue weighted by Crippen LogP contribution is -2.07. The zero-order chi connectivity index (χ0) is 18.9. The number of fused-ring (bicyclic) bond motifs is 2. The highest BCUT2D eigenvalue weighted by molar-refractivity contribution is 5.75. The largest absolute Gasteiger partial charge is 0.493 e. The van der Waals surface area contributed by atoms with Crippen LogP contribution in [0.2, 0.25) is 0 Å². The van der Waals surface area contributed by atoms with Gasteiger partial charge in [0.1, 0.15) is 23.7 Å². The summed E-state index contributed by atoms with van der Waals surface area (Å²) < 4.78 is 27.4. The Morgan fingerprint density at radius 1 is 1.11 bits per heavy atom. The van der Waals surface area contributed by atoms with Crippen LogP contribution < -0.4 is 4.74 Å². The standard InChI is InChI=1S/C21H21FN4O2/c22-18-4-5-19-16(8-11-28-19)15(18)3-6-20-23-12-17(21-25-24-13-26(20)21)14-2-1-9-27-10-7-14/h2,4-5,12-13H,1,3,6-11H2. The smallest absolute Gasteiger partial charge is 0.171 e. The molecule has 0 N–H and O–H groups in total. The molecule has 144 valence electrons. The molecule has 1 aromatic carbocycles. The van der Waals surface area contributed by atoms with Crippen LogP contribution in [-0.2, 0) is 24.0 Å². The predicted octanol–water partition coefficient (Wildman–Crippen LogP) is 3.18. The molecular weight excluding hydrogens is 359 g/mol. The highest BCUT2D eigenvalue weighted by atomic mass is 19.1. The Hall–Kier alpha value is -2.80. The molecule has 4 heterocycles. The second-order valence-corrected chi connectivity index (χ2v) is 7.09. The van der Waals surface area contributed by atoms with Gasteiger partial charge in [-0.1, -0.05) is 6.08 Å². The lowest BCUT2D eigenvalue weighted by Gasteiger charge is -2.11. The minimum absolute atomic E-state index is 0.176. The Kier molecular flexibility index (Phi) is 4.52. The van der Waals surface area contributed by atoms with Crippen LogP contribution in [0.25, 0.3) is 11.2 Å². The third-order valence-electron chi connectivity index (χ3n) is 5.46. The quantitative estimate of drug-likeness (QED) is 0.696. The second-order valence-electron chi connectivity index (χ2n) is 7.09. The van der Waals surface area contributed by atoms with Gasteiger partial charge in [-0.05, 0) is 42.5 Å². The molecule has 0 saturated carbocycles. The summed E-state index contributed by atoms with van der Waals surface area (Å²) in [6.45, 7) is 2.07. The molecular formula is C21H21FN4O2. The van der Waals surface area contributed by atoms with Gasteiger partial charge in [0.25, 0.3) is 0 Å². The van der Waals surface area contributed by atoms with Gasteiger partial charge in [0, 0.05) is 30.2 Å². The van der Waals surface area contributed by atoms with Crippen LogP contribution in [0.4, 0.5) is 4.39 Å². The molecule has 5 rings (SSSR count). The highest BCUT2D eigenvalue weighted by Crippen LogP contribution is 2.31. The number of ether oxygens (including phenoxy) is 2. The van der Waals surface area contributed by atoms with Crippen LogP contribution in [0.3, 0.4) is 0 Å². The van der Waals surface area contributed by atoms with E-state index in [1.807, 2.05) is 10.6 Å². The first-order valence-corrected chi connectivity index (χ1v) is 9.69. The summed E-state index contributed by atoms with van der Waals surface area (Å²) in [4.78, 5) is 4.67. The van der Waals surface area contributed by atoms with E-state index in [2.05, 4.69) is 21.3 Å². The fourth-order valence-corrected chi connectivity index (χ4v) is 4.05.